The minimum Gasteiger partial charge on any atom is -0.455 e. The van der Waals surface area contributed by atoms with E-state index in [0.29, 0.717) is 17.1 Å². The van der Waals surface area contributed by atoms with Crippen molar-refractivity contribution in [2.24, 2.45) is 5.41 Å². The first-order valence-electron chi connectivity index (χ1n) is 11.9. The lowest BCUT2D eigenvalue weighted by Gasteiger charge is -2.17. The molecule has 0 unspecified atom stereocenters. The summed E-state index contributed by atoms with van der Waals surface area (Å²) in [6, 6.07) is 24.5. The Morgan fingerprint density at radius 3 is 2.41 bits per heavy atom. The van der Waals surface area contributed by atoms with Gasteiger partial charge in [0.1, 0.15) is 11.2 Å². The Kier molecular flexibility index (Phi) is 3.64. The molecule has 0 saturated carbocycles. The maximum atomic E-state index is 8.65. The topological polar surface area (TPSA) is 38.9 Å². The quantitative estimate of drug-likeness (QED) is 0.268. The van der Waals surface area contributed by atoms with E-state index in [1.165, 1.54) is 5.39 Å². The zero-order chi connectivity index (χ0) is 23.7. The number of rotatable bonds is 2. The number of para-hydroxylation sites is 1. The molecule has 0 N–H and O–H groups in total. The van der Waals surface area contributed by atoms with Crippen LogP contribution in [0.2, 0.25) is 0 Å². The Balaban J connectivity index is 1.65. The summed E-state index contributed by atoms with van der Waals surface area (Å²) in [6.07, 6.45) is 0.0210. The molecule has 0 saturated heterocycles. The van der Waals surface area contributed by atoms with Gasteiger partial charge in [-0.15, -0.1) is 0 Å². The minimum absolute atomic E-state index is 0.370. The molecule has 0 bridgehead atoms. The number of furan rings is 1. The summed E-state index contributed by atoms with van der Waals surface area (Å²) in [4.78, 5) is 9.17. The van der Waals surface area contributed by atoms with Gasteiger partial charge in [-0.3, -0.25) is 0 Å². The molecule has 3 nitrogen and oxygen atoms in total. The highest BCUT2D eigenvalue weighted by Gasteiger charge is 2.18. The van der Waals surface area contributed by atoms with Gasteiger partial charge in [-0.2, -0.15) is 0 Å². The predicted molar refractivity (Wildman–Crippen MR) is 133 cm³/mol. The first kappa shape index (κ1) is 16.9. The molecule has 4 aromatic carbocycles. The van der Waals surface area contributed by atoms with Crippen molar-refractivity contribution in [3.05, 3.63) is 84.7 Å². The SMILES string of the molecule is [2H]C([2H])(c1ccnc(-c2cccc3c2oc2c3ccc3ccc4ccccc4c32)n1)C(C)(C)C. The normalized spacial score (nSPS) is 13.7. The lowest BCUT2D eigenvalue weighted by atomic mass is 9.90. The summed E-state index contributed by atoms with van der Waals surface area (Å²) in [7, 11) is 0. The van der Waals surface area contributed by atoms with Crippen molar-refractivity contribution in [3.63, 3.8) is 0 Å². The number of aromatic nitrogens is 2. The Morgan fingerprint density at radius 1 is 0.781 bits per heavy atom. The van der Waals surface area contributed by atoms with Crippen LogP contribution in [0.25, 0.3) is 54.9 Å². The molecule has 0 amide bonds. The van der Waals surface area contributed by atoms with Crippen molar-refractivity contribution in [2.45, 2.75) is 27.1 Å². The fourth-order valence-corrected chi connectivity index (χ4v) is 4.46. The highest BCUT2D eigenvalue weighted by molar-refractivity contribution is 6.23. The second-order valence-electron chi connectivity index (χ2n) is 9.25. The van der Waals surface area contributed by atoms with Gasteiger partial charge in [0.15, 0.2) is 5.82 Å². The van der Waals surface area contributed by atoms with Crippen molar-refractivity contribution < 1.29 is 7.16 Å². The summed E-state index contributed by atoms with van der Waals surface area (Å²) >= 11 is 0. The monoisotopic (exact) mass is 418 g/mol. The Bertz CT molecular complexity index is 1730. The molecule has 3 heteroatoms. The van der Waals surface area contributed by atoms with Crippen LogP contribution in [0, 0.1) is 5.41 Å². The highest BCUT2D eigenvalue weighted by atomic mass is 16.3. The third-order valence-electron chi connectivity index (χ3n) is 5.77. The van der Waals surface area contributed by atoms with E-state index < -0.39 is 11.8 Å². The summed E-state index contributed by atoms with van der Waals surface area (Å²) in [5, 5.41) is 6.59. The zero-order valence-corrected chi connectivity index (χ0v) is 18.3. The van der Waals surface area contributed by atoms with E-state index in [9.17, 15) is 0 Å². The molecular formula is C29H24N2O. The molecule has 0 aliphatic heterocycles. The first-order chi connectivity index (χ1) is 16.3. The summed E-state index contributed by atoms with van der Waals surface area (Å²) in [5.41, 5.74) is 2.08. The molecule has 32 heavy (non-hydrogen) atoms. The van der Waals surface area contributed by atoms with Crippen LogP contribution >= 0.6 is 0 Å². The second-order valence-corrected chi connectivity index (χ2v) is 9.25. The van der Waals surface area contributed by atoms with Crippen LogP contribution in [0.5, 0.6) is 0 Å². The van der Waals surface area contributed by atoms with Gasteiger partial charge in [0.2, 0.25) is 0 Å². The number of benzene rings is 4. The average Bonchev–Trinajstić information content (AvgIpc) is 3.22. The maximum absolute atomic E-state index is 8.65. The molecule has 2 heterocycles. The summed E-state index contributed by atoms with van der Waals surface area (Å²) in [5.74, 6) is 0.462. The number of fused-ring (bicyclic) bond motifs is 7. The zero-order valence-electron chi connectivity index (χ0n) is 20.3. The van der Waals surface area contributed by atoms with Crippen molar-refractivity contribution in [1.82, 2.24) is 9.97 Å². The molecule has 156 valence electrons. The molecule has 0 aliphatic rings. The third-order valence-corrected chi connectivity index (χ3v) is 5.77. The van der Waals surface area contributed by atoms with Crippen molar-refractivity contribution >= 4 is 43.5 Å². The van der Waals surface area contributed by atoms with Crippen LogP contribution in [-0.2, 0) is 6.37 Å². The van der Waals surface area contributed by atoms with Gasteiger partial charge >= 0.3 is 0 Å². The fourth-order valence-electron chi connectivity index (χ4n) is 4.46. The van der Waals surface area contributed by atoms with Gasteiger partial charge in [-0.05, 0) is 46.1 Å². The standard InChI is InChI=1S/C29H24N2O/c1-29(2,3)17-20-15-16-30-28(31-20)24-10-6-9-22-23-14-13-19-12-11-18-7-4-5-8-21(18)25(19)27(23)32-26(22)24/h4-16H,17H2,1-3H3/i17D2. The predicted octanol–water partition coefficient (Wildman–Crippen LogP) is 7.94. The Morgan fingerprint density at radius 2 is 1.53 bits per heavy atom. The van der Waals surface area contributed by atoms with Crippen LogP contribution < -0.4 is 0 Å². The van der Waals surface area contributed by atoms with E-state index >= 15 is 0 Å². The van der Waals surface area contributed by atoms with Crippen LogP contribution in [0.1, 0.15) is 29.2 Å². The lowest BCUT2D eigenvalue weighted by Crippen LogP contribution is -2.11. The molecule has 0 radical (unpaired) electrons. The van der Waals surface area contributed by atoms with Gasteiger partial charge in [0, 0.05) is 30.8 Å². The van der Waals surface area contributed by atoms with Crippen molar-refractivity contribution in [1.29, 1.82) is 0 Å². The van der Waals surface area contributed by atoms with Crippen LogP contribution in [0.4, 0.5) is 0 Å². The van der Waals surface area contributed by atoms with E-state index in [1.807, 2.05) is 39.0 Å². The number of hydrogen-bond acceptors (Lipinski definition) is 3. The molecular weight excluding hydrogens is 392 g/mol. The maximum Gasteiger partial charge on any atom is 0.163 e. The Hall–Kier alpha value is -3.72. The van der Waals surface area contributed by atoms with E-state index in [-0.39, 0.29) is 0 Å². The number of hydrogen-bond donors (Lipinski definition) is 0. The van der Waals surface area contributed by atoms with Gasteiger partial charge in [0.25, 0.3) is 0 Å². The summed E-state index contributed by atoms with van der Waals surface area (Å²) < 4.78 is 23.9. The lowest BCUT2D eigenvalue weighted by molar-refractivity contribution is 0.406. The highest BCUT2D eigenvalue weighted by Crippen LogP contribution is 2.40. The van der Waals surface area contributed by atoms with Gasteiger partial charge in [0.05, 0.1) is 5.56 Å². The van der Waals surface area contributed by atoms with Gasteiger partial charge in [-0.1, -0.05) is 75.4 Å². The average molecular weight is 419 g/mol. The van der Waals surface area contributed by atoms with E-state index in [0.717, 1.165) is 38.1 Å². The van der Waals surface area contributed by atoms with Gasteiger partial charge < -0.3 is 4.42 Å². The molecule has 6 rings (SSSR count). The van der Waals surface area contributed by atoms with E-state index in [1.54, 1.807) is 12.3 Å². The largest absolute Gasteiger partial charge is 0.455 e. The molecule has 0 fully saturated rings. The van der Waals surface area contributed by atoms with Crippen LogP contribution in [0.15, 0.2) is 83.4 Å². The second kappa shape index (κ2) is 6.89. The first-order valence-corrected chi connectivity index (χ1v) is 10.9. The molecule has 0 atom stereocenters. The van der Waals surface area contributed by atoms with Gasteiger partial charge in [-0.25, -0.2) is 9.97 Å². The van der Waals surface area contributed by atoms with Crippen LogP contribution in [0.3, 0.4) is 0 Å². The molecule has 0 spiro atoms. The molecule has 2 aromatic heterocycles. The minimum atomic E-state index is -1.61. The fraction of sp³-hybridized carbons (Fsp3) is 0.172. The molecule has 0 aliphatic carbocycles. The summed E-state index contributed by atoms with van der Waals surface area (Å²) in [6.45, 7) is 5.64. The van der Waals surface area contributed by atoms with E-state index in [2.05, 4.69) is 58.5 Å². The van der Waals surface area contributed by atoms with Crippen molar-refractivity contribution in [2.75, 3.05) is 0 Å². The number of nitrogens with zero attached hydrogens (tertiary/aromatic N) is 2. The molecule has 6 aromatic rings. The van der Waals surface area contributed by atoms with Crippen LogP contribution in [-0.4, -0.2) is 9.97 Å². The Labute approximate surface area is 189 Å². The van der Waals surface area contributed by atoms with E-state index in [4.69, 9.17) is 7.16 Å². The third kappa shape index (κ3) is 3.04. The smallest absolute Gasteiger partial charge is 0.163 e. The van der Waals surface area contributed by atoms with Crippen molar-refractivity contribution in [3.8, 4) is 11.4 Å².